The number of rotatable bonds is 5. The van der Waals surface area contributed by atoms with Crippen molar-refractivity contribution in [3.05, 3.63) is 58.6 Å². The van der Waals surface area contributed by atoms with E-state index < -0.39 is 0 Å². The Morgan fingerprint density at radius 2 is 1.93 bits per heavy atom. The molecule has 30 heavy (non-hydrogen) atoms. The molecule has 3 aromatic rings. The fraction of sp³-hybridized carbons (Fsp3) is 0.350. The van der Waals surface area contributed by atoms with Crippen LogP contribution in [0.25, 0.3) is 5.69 Å². The Hall–Kier alpha value is -2.71. The normalized spacial score (nSPS) is 19.0. The second-order valence-electron chi connectivity index (χ2n) is 7.25. The van der Waals surface area contributed by atoms with Crippen LogP contribution in [0, 0.1) is 5.92 Å². The fourth-order valence-electron chi connectivity index (χ4n) is 3.79. The molecule has 156 valence electrons. The Kier molecular flexibility index (Phi) is 6.15. The monoisotopic (exact) mass is 445 g/mol. The molecular weight excluding hydrogens is 425 g/mol. The van der Waals surface area contributed by atoms with Crippen LogP contribution >= 0.6 is 23.2 Å². The third-order valence-electron chi connectivity index (χ3n) is 5.30. The molecule has 2 atom stereocenters. The smallest absolute Gasteiger partial charge is 0.256 e. The van der Waals surface area contributed by atoms with Crippen LogP contribution in [0.3, 0.4) is 0 Å². The van der Waals surface area contributed by atoms with Crippen molar-refractivity contribution in [3.8, 4) is 5.69 Å². The molecule has 4 rings (SSSR count). The number of aromatic nitrogens is 5. The van der Waals surface area contributed by atoms with E-state index in [4.69, 9.17) is 23.2 Å². The number of likely N-dealkylation sites (tertiary alicyclic amines) is 1. The number of anilines is 1. The zero-order chi connectivity index (χ0) is 21.1. The third kappa shape index (κ3) is 4.24. The summed E-state index contributed by atoms with van der Waals surface area (Å²) in [6.07, 6.45) is 8.18. The van der Waals surface area contributed by atoms with Gasteiger partial charge in [-0.15, -0.1) is 4.80 Å². The number of carbonyl (C=O) groups is 1. The topological polar surface area (TPSA) is 88.8 Å². The lowest BCUT2D eigenvalue weighted by Crippen LogP contribution is -2.51. The van der Waals surface area contributed by atoms with E-state index >= 15 is 0 Å². The van der Waals surface area contributed by atoms with E-state index in [1.807, 2.05) is 4.90 Å². The van der Waals surface area contributed by atoms with Crippen molar-refractivity contribution in [3.63, 3.8) is 0 Å². The molecule has 1 aromatic carbocycles. The van der Waals surface area contributed by atoms with E-state index in [9.17, 15) is 4.79 Å². The van der Waals surface area contributed by atoms with Gasteiger partial charge in [0.05, 0.1) is 46.4 Å². The molecule has 0 saturated carbocycles. The summed E-state index contributed by atoms with van der Waals surface area (Å²) in [7, 11) is 0. The summed E-state index contributed by atoms with van der Waals surface area (Å²) in [6, 6.07) is 5.24. The van der Waals surface area contributed by atoms with Gasteiger partial charge in [0.2, 0.25) is 5.95 Å². The highest BCUT2D eigenvalue weighted by Gasteiger charge is 2.34. The second kappa shape index (κ2) is 8.97. The number of nitrogens with one attached hydrogen (secondary N) is 1. The molecule has 1 amide bonds. The van der Waals surface area contributed by atoms with Crippen LogP contribution in [0.1, 0.15) is 30.1 Å². The fourth-order valence-corrected chi connectivity index (χ4v) is 4.14. The molecule has 1 saturated heterocycles. The summed E-state index contributed by atoms with van der Waals surface area (Å²) >= 11 is 12.3. The van der Waals surface area contributed by atoms with E-state index in [0.29, 0.717) is 46.3 Å². The first-order chi connectivity index (χ1) is 14.5. The number of para-hydroxylation sites is 1. The largest absolute Gasteiger partial charge is 0.352 e. The molecule has 0 radical (unpaired) electrons. The van der Waals surface area contributed by atoms with E-state index in [2.05, 4.69) is 32.4 Å². The van der Waals surface area contributed by atoms with Gasteiger partial charge >= 0.3 is 0 Å². The Bertz CT molecular complexity index is 1010. The minimum Gasteiger partial charge on any atom is -0.352 e. The lowest BCUT2D eigenvalue weighted by Gasteiger charge is -2.40. The number of hydrogen-bond acceptors (Lipinski definition) is 6. The maximum Gasteiger partial charge on any atom is 0.256 e. The average Bonchev–Trinajstić information content (AvgIpc) is 3.27. The quantitative estimate of drug-likeness (QED) is 0.643. The highest BCUT2D eigenvalue weighted by atomic mass is 35.5. The number of halogens is 2. The first-order valence-electron chi connectivity index (χ1n) is 9.72. The van der Waals surface area contributed by atoms with Crippen molar-refractivity contribution < 1.29 is 4.79 Å². The summed E-state index contributed by atoms with van der Waals surface area (Å²) in [5.41, 5.74) is 0.959. The number of hydrogen-bond donors (Lipinski definition) is 1. The van der Waals surface area contributed by atoms with Crippen LogP contribution in [0.2, 0.25) is 10.0 Å². The lowest BCUT2D eigenvalue weighted by molar-refractivity contribution is 0.0539. The third-order valence-corrected chi connectivity index (χ3v) is 5.80. The number of carbonyl (C=O) groups excluding carboxylic acids is 1. The van der Waals surface area contributed by atoms with E-state index in [-0.39, 0.29) is 11.9 Å². The van der Waals surface area contributed by atoms with Crippen molar-refractivity contribution in [2.24, 2.45) is 5.92 Å². The zero-order valence-electron chi connectivity index (χ0n) is 16.4. The van der Waals surface area contributed by atoms with Crippen molar-refractivity contribution in [1.82, 2.24) is 29.9 Å². The summed E-state index contributed by atoms with van der Waals surface area (Å²) in [5.74, 6) is 0.696. The van der Waals surface area contributed by atoms with Crippen LogP contribution in [0.4, 0.5) is 5.95 Å². The Balaban J connectivity index is 1.60. The van der Waals surface area contributed by atoms with Crippen LogP contribution < -0.4 is 5.32 Å². The SMILES string of the molecule is C[C@@H]1CCCN(C(=O)c2cccc(Cl)c2-n2nccn2)[C@@H]1CNc1ncc(Cl)cn1. The molecule has 0 bridgehead atoms. The first-order valence-corrected chi connectivity index (χ1v) is 10.5. The minimum absolute atomic E-state index is 0.0251. The number of amides is 1. The second-order valence-corrected chi connectivity index (χ2v) is 8.09. The van der Waals surface area contributed by atoms with Gasteiger partial charge in [0.15, 0.2) is 0 Å². The van der Waals surface area contributed by atoms with Gasteiger partial charge in [-0.3, -0.25) is 4.79 Å². The van der Waals surface area contributed by atoms with Gasteiger partial charge in [-0.25, -0.2) is 9.97 Å². The Morgan fingerprint density at radius 3 is 2.67 bits per heavy atom. The average molecular weight is 446 g/mol. The molecule has 0 unspecified atom stereocenters. The molecule has 10 heteroatoms. The van der Waals surface area contributed by atoms with Gasteiger partial charge in [0.1, 0.15) is 5.69 Å². The summed E-state index contributed by atoms with van der Waals surface area (Å²) in [5, 5.41) is 12.5. The van der Waals surface area contributed by atoms with E-state index in [1.165, 1.54) is 4.80 Å². The zero-order valence-corrected chi connectivity index (χ0v) is 17.9. The number of piperidine rings is 1. The van der Waals surface area contributed by atoms with Gasteiger partial charge in [0.25, 0.3) is 5.91 Å². The summed E-state index contributed by atoms with van der Waals surface area (Å²) in [4.78, 5) is 25.2. The standard InChI is InChI=1S/C20H21Cl2N7O/c1-13-4-3-9-28(17(13)12-25-20-23-10-14(21)11-24-20)19(30)15-5-2-6-16(22)18(15)29-26-7-8-27-29/h2,5-8,10-11,13,17H,3-4,9,12H2,1H3,(H,23,24,25)/t13-,17-/m1/s1. The highest BCUT2D eigenvalue weighted by Crippen LogP contribution is 2.29. The number of nitrogens with zero attached hydrogens (tertiary/aromatic N) is 6. The lowest BCUT2D eigenvalue weighted by atomic mass is 9.90. The molecule has 0 spiro atoms. The molecule has 2 aromatic heterocycles. The molecule has 1 N–H and O–H groups in total. The number of benzene rings is 1. The molecular formula is C20H21Cl2N7O. The highest BCUT2D eigenvalue weighted by molar-refractivity contribution is 6.33. The van der Waals surface area contributed by atoms with Gasteiger partial charge in [-0.2, -0.15) is 10.2 Å². The van der Waals surface area contributed by atoms with Crippen LogP contribution in [-0.4, -0.2) is 54.9 Å². The van der Waals surface area contributed by atoms with Crippen LogP contribution in [-0.2, 0) is 0 Å². The maximum atomic E-state index is 13.6. The predicted octanol–water partition coefficient (Wildman–Crippen LogP) is 3.72. The van der Waals surface area contributed by atoms with E-state index in [0.717, 1.165) is 12.8 Å². The first kappa shape index (κ1) is 20.6. The minimum atomic E-state index is -0.0971. The van der Waals surface area contributed by atoms with Crippen LogP contribution in [0.15, 0.2) is 43.0 Å². The van der Waals surface area contributed by atoms with Gasteiger partial charge in [0, 0.05) is 13.1 Å². The van der Waals surface area contributed by atoms with Crippen molar-refractivity contribution in [2.75, 3.05) is 18.4 Å². The van der Waals surface area contributed by atoms with E-state index in [1.54, 1.807) is 43.0 Å². The molecule has 3 heterocycles. The Labute approximate surface area is 184 Å². The molecule has 8 nitrogen and oxygen atoms in total. The van der Waals surface area contributed by atoms with Crippen LogP contribution in [0.5, 0.6) is 0 Å². The summed E-state index contributed by atoms with van der Waals surface area (Å²) in [6.45, 7) is 3.35. The van der Waals surface area contributed by atoms with Gasteiger partial charge in [-0.1, -0.05) is 36.2 Å². The molecule has 1 fully saturated rings. The van der Waals surface area contributed by atoms with Crippen molar-refractivity contribution >= 4 is 35.1 Å². The molecule has 1 aliphatic rings. The molecule has 0 aliphatic carbocycles. The van der Waals surface area contributed by atoms with Crippen molar-refractivity contribution in [2.45, 2.75) is 25.8 Å². The molecule has 1 aliphatic heterocycles. The Morgan fingerprint density at radius 1 is 1.20 bits per heavy atom. The van der Waals surface area contributed by atoms with Crippen molar-refractivity contribution in [1.29, 1.82) is 0 Å². The van der Waals surface area contributed by atoms with Gasteiger partial charge in [-0.05, 0) is 30.9 Å². The predicted molar refractivity (Wildman–Crippen MR) is 115 cm³/mol. The summed E-state index contributed by atoms with van der Waals surface area (Å²) < 4.78 is 0. The maximum absolute atomic E-state index is 13.6. The van der Waals surface area contributed by atoms with Gasteiger partial charge < -0.3 is 10.2 Å².